The fourth-order valence-corrected chi connectivity index (χ4v) is 3.51. The summed E-state index contributed by atoms with van der Waals surface area (Å²) in [5.74, 6) is 0. The van der Waals surface area contributed by atoms with Crippen LogP contribution in [-0.2, 0) is 54.8 Å². The van der Waals surface area contributed by atoms with Gasteiger partial charge in [0.1, 0.15) is 0 Å². The van der Waals surface area contributed by atoms with E-state index in [9.17, 15) is 0 Å². The lowest BCUT2D eigenvalue weighted by Gasteiger charge is -2.19. The van der Waals surface area contributed by atoms with Crippen molar-refractivity contribution in [3.8, 4) is 0 Å². The molecular weight excluding hydrogens is 362 g/mol. The Hall–Kier alpha value is 0.280. The Morgan fingerprint density at radius 3 is 1.23 bits per heavy atom. The van der Waals surface area contributed by atoms with Crippen LogP contribution in [0.3, 0.4) is 0 Å². The Balaban J connectivity index is 2.57. The molecule has 0 radical (unpaired) electrons. The molecule has 0 aliphatic rings. The SMILES string of the molecule is COP(=S)(NCc1ccc(CNP(=S)(OC)OC)cc1)OC. The van der Waals surface area contributed by atoms with Crippen molar-refractivity contribution < 1.29 is 18.1 Å². The molecule has 0 saturated heterocycles. The molecular formula is C12H22N2O4P2S2. The van der Waals surface area contributed by atoms with Crippen molar-refractivity contribution in [3.05, 3.63) is 35.4 Å². The second-order valence-corrected chi connectivity index (χ2v) is 11.2. The average molecular weight is 384 g/mol. The van der Waals surface area contributed by atoms with Gasteiger partial charge in [-0.15, -0.1) is 0 Å². The fourth-order valence-electron chi connectivity index (χ4n) is 1.56. The predicted molar refractivity (Wildman–Crippen MR) is 96.7 cm³/mol. The summed E-state index contributed by atoms with van der Waals surface area (Å²) in [4.78, 5) is 0. The summed E-state index contributed by atoms with van der Waals surface area (Å²) in [5.41, 5.74) is 2.18. The molecule has 2 N–H and O–H groups in total. The summed E-state index contributed by atoms with van der Waals surface area (Å²) in [6, 6.07) is 8.05. The van der Waals surface area contributed by atoms with E-state index in [1.54, 1.807) is 28.4 Å². The van der Waals surface area contributed by atoms with Gasteiger partial charge in [-0.25, -0.2) is 10.2 Å². The van der Waals surface area contributed by atoms with Crippen molar-refractivity contribution in [1.29, 1.82) is 0 Å². The van der Waals surface area contributed by atoms with Crippen LogP contribution in [0, 0.1) is 0 Å². The molecule has 6 nitrogen and oxygen atoms in total. The molecule has 0 saturated carbocycles. The quantitative estimate of drug-likeness (QED) is 0.597. The zero-order valence-corrected chi connectivity index (χ0v) is 16.5. The minimum atomic E-state index is -2.37. The second kappa shape index (κ2) is 9.55. The van der Waals surface area contributed by atoms with Crippen molar-refractivity contribution in [2.45, 2.75) is 13.1 Å². The van der Waals surface area contributed by atoms with Crippen LogP contribution in [0.5, 0.6) is 0 Å². The van der Waals surface area contributed by atoms with Gasteiger partial charge in [0.25, 0.3) is 13.3 Å². The first-order valence-corrected chi connectivity index (χ1v) is 11.7. The highest BCUT2D eigenvalue weighted by Crippen LogP contribution is 2.42. The Morgan fingerprint density at radius 2 is 1.00 bits per heavy atom. The summed E-state index contributed by atoms with van der Waals surface area (Å²) >= 11 is 10.5. The first kappa shape index (κ1) is 20.3. The summed E-state index contributed by atoms with van der Waals surface area (Å²) in [6.07, 6.45) is 0. The molecule has 10 heteroatoms. The Morgan fingerprint density at radius 1 is 0.727 bits per heavy atom. The number of hydrogen-bond donors (Lipinski definition) is 2. The standard InChI is InChI=1S/C12H22N2O4P2S2/c1-15-19(21,16-2)13-9-11-5-7-12(8-6-11)10-14-20(22,17-3)18-4/h5-8H,9-10H2,1-4H3,(H,13,21)(H,14,22). The third-order valence-electron chi connectivity index (χ3n) is 2.94. The molecule has 0 heterocycles. The largest absolute Gasteiger partial charge is 0.321 e. The molecule has 1 aromatic carbocycles. The fraction of sp³-hybridized carbons (Fsp3) is 0.500. The maximum absolute atomic E-state index is 5.25. The first-order valence-electron chi connectivity index (χ1n) is 6.41. The highest BCUT2D eigenvalue weighted by molar-refractivity contribution is 8.09. The zero-order chi connectivity index (χ0) is 16.6. The number of hydrogen-bond acceptors (Lipinski definition) is 6. The van der Waals surface area contributed by atoms with Gasteiger partial charge >= 0.3 is 0 Å². The van der Waals surface area contributed by atoms with E-state index in [-0.39, 0.29) is 0 Å². The van der Waals surface area contributed by atoms with E-state index in [2.05, 4.69) is 10.2 Å². The van der Waals surface area contributed by atoms with Gasteiger partial charge in [-0.2, -0.15) is 0 Å². The molecule has 0 atom stereocenters. The molecule has 0 unspecified atom stereocenters. The van der Waals surface area contributed by atoms with Gasteiger partial charge in [0.2, 0.25) is 0 Å². The van der Waals surface area contributed by atoms with E-state index in [0.29, 0.717) is 13.1 Å². The van der Waals surface area contributed by atoms with Crippen LogP contribution >= 0.6 is 13.3 Å². The van der Waals surface area contributed by atoms with E-state index < -0.39 is 13.3 Å². The Kier molecular flexibility index (Phi) is 8.82. The van der Waals surface area contributed by atoms with Gasteiger partial charge in [0, 0.05) is 41.5 Å². The Labute approximate surface area is 142 Å². The second-order valence-electron chi connectivity index (χ2n) is 4.21. The van der Waals surface area contributed by atoms with E-state index in [1.807, 2.05) is 24.3 Å². The molecule has 0 spiro atoms. The van der Waals surface area contributed by atoms with Gasteiger partial charge in [0.05, 0.1) is 0 Å². The van der Waals surface area contributed by atoms with Gasteiger partial charge < -0.3 is 18.1 Å². The lowest BCUT2D eigenvalue weighted by molar-refractivity contribution is 0.325. The monoisotopic (exact) mass is 384 g/mol. The maximum Gasteiger partial charge on any atom is 0.260 e. The van der Waals surface area contributed by atoms with E-state index >= 15 is 0 Å². The van der Waals surface area contributed by atoms with Crippen molar-refractivity contribution in [3.63, 3.8) is 0 Å². The van der Waals surface area contributed by atoms with Gasteiger partial charge in [-0.1, -0.05) is 24.3 Å². The predicted octanol–water partition coefficient (Wildman–Crippen LogP) is 2.90. The molecule has 0 aliphatic heterocycles. The number of rotatable bonds is 10. The summed E-state index contributed by atoms with van der Waals surface area (Å²) in [6.45, 7) is -3.58. The van der Waals surface area contributed by atoms with Crippen molar-refractivity contribution in [2.24, 2.45) is 0 Å². The van der Waals surface area contributed by atoms with Crippen molar-refractivity contribution in [1.82, 2.24) is 10.2 Å². The minimum absolute atomic E-state index is 0.584. The molecule has 0 amide bonds. The maximum atomic E-state index is 5.25. The molecule has 0 fully saturated rings. The molecule has 0 bridgehead atoms. The number of benzene rings is 1. The molecule has 1 rings (SSSR count). The molecule has 1 aromatic rings. The van der Waals surface area contributed by atoms with E-state index in [0.717, 1.165) is 11.1 Å². The Bertz CT molecular complexity index is 492. The van der Waals surface area contributed by atoms with Gasteiger partial charge in [-0.3, -0.25) is 0 Å². The van der Waals surface area contributed by atoms with Crippen LogP contribution in [0.4, 0.5) is 0 Å². The summed E-state index contributed by atoms with van der Waals surface area (Å²) < 4.78 is 20.7. The normalized spacial score (nSPS) is 12.5. The molecule has 126 valence electrons. The van der Waals surface area contributed by atoms with Crippen LogP contribution in [0.25, 0.3) is 0 Å². The van der Waals surface area contributed by atoms with Crippen molar-refractivity contribution in [2.75, 3.05) is 28.4 Å². The third kappa shape index (κ3) is 6.42. The smallest absolute Gasteiger partial charge is 0.260 e. The average Bonchev–Trinajstić information content (AvgIpc) is 2.58. The summed E-state index contributed by atoms with van der Waals surface area (Å²) in [5, 5.41) is 6.24. The lowest BCUT2D eigenvalue weighted by Crippen LogP contribution is -2.13. The minimum Gasteiger partial charge on any atom is -0.321 e. The van der Waals surface area contributed by atoms with Crippen LogP contribution < -0.4 is 10.2 Å². The van der Waals surface area contributed by atoms with Crippen LogP contribution in [0.2, 0.25) is 0 Å². The van der Waals surface area contributed by atoms with E-state index in [4.69, 9.17) is 41.7 Å². The molecule has 0 aromatic heterocycles. The highest BCUT2D eigenvalue weighted by Gasteiger charge is 2.15. The molecule has 0 aliphatic carbocycles. The third-order valence-corrected chi connectivity index (χ3v) is 8.52. The van der Waals surface area contributed by atoms with E-state index in [1.165, 1.54) is 0 Å². The molecule has 22 heavy (non-hydrogen) atoms. The van der Waals surface area contributed by atoms with Crippen molar-refractivity contribution >= 4 is 36.9 Å². The zero-order valence-electron chi connectivity index (χ0n) is 13.1. The van der Waals surface area contributed by atoms with Crippen LogP contribution in [0.1, 0.15) is 11.1 Å². The lowest BCUT2D eigenvalue weighted by atomic mass is 10.1. The van der Waals surface area contributed by atoms with Gasteiger partial charge in [-0.05, 0) is 34.7 Å². The summed E-state index contributed by atoms with van der Waals surface area (Å²) in [7, 11) is 6.17. The first-order chi connectivity index (χ1) is 10.4. The topological polar surface area (TPSA) is 61.0 Å². The van der Waals surface area contributed by atoms with Crippen LogP contribution in [-0.4, -0.2) is 28.4 Å². The number of nitrogens with one attached hydrogen (secondary N) is 2. The van der Waals surface area contributed by atoms with Crippen LogP contribution in [0.15, 0.2) is 24.3 Å². The highest BCUT2D eigenvalue weighted by atomic mass is 32.5. The van der Waals surface area contributed by atoms with Gasteiger partial charge in [0.15, 0.2) is 0 Å².